The second-order valence-electron chi connectivity index (χ2n) is 9.52. The van der Waals surface area contributed by atoms with Crippen molar-refractivity contribution in [1.82, 2.24) is 30.3 Å². The first-order valence-corrected chi connectivity index (χ1v) is 12.0. The van der Waals surface area contributed by atoms with Crippen molar-refractivity contribution in [2.45, 2.75) is 84.8 Å². The molecule has 0 radical (unpaired) electrons. The smallest absolute Gasteiger partial charge is 0.407 e. The van der Waals surface area contributed by atoms with Gasteiger partial charge in [-0.05, 0) is 56.3 Å². The minimum Gasteiger partial charge on any atom is -0.446 e. The van der Waals surface area contributed by atoms with Crippen LogP contribution in [0, 0.1) is 17.8 Å². The van der Waals surface area contributed by atoms with Crippen LogP contribution in [0.2, 0.25) is 0 Å². The Labute approximate surface area is 190 Å². The van der Waals surface area contributed by atoms with Crippen LogP contribution in [-0.2, 0) is 24.1 Å². The predicted octanol–water partition coefficient (Wildman–Crippen LogP) is 3.73. The summed E-state index contributed by atoms with van der Waals surface area (Å²) in [7, 11) is 0. The summed E-state index contributed by atoms with van der Waals surface area (Å²) in [6, 6.07) is 0. The fourth-order valence-corrected chi connectivity index (χ4v) is 4.57. The number of imidazole rings is 1. The number of aromatic amines is 1. The lowest BCUT2D eigenvalue weighted by atomic mass is 9.75. The Morgan fingerprint density at radius 3 is 2.88 bits per heavy atom. The summed E-state index contributed by atoms with van der Waals surface area (Å²) in [4.78, 5) is 19.4. The van der Waals surface area contributed by atoms with E-state index in [1.165, 1.54) is 6.42 Å². The second-order valence-corrected chi connectivity index (χ2v) is 9.52. The van der Waals surface area contributed by atoms with Gasteiger partial charge in [0, 0.05) is 18.4 Å². The number of carbonyl (C=O) groups excluding carboxylic acids is 1. The first-order chi connectivity index (χ1) is 15.4. The van der Waals surface area contributed by atoms with Crippen LogP contribution in [0.5, 0.6) is 0 Å². The Morgan fingerprint density at radius 1 is 1.31 bits per heavy atom. The number of H-pyrrole nitrogens is 1. The molecule has 1 amide bonds. The maximum atomic E-state index is 12.3. The first-order valence-electron chi connectivity index (χ1n) is 12.0. The van der Waals surface area contributed by atoms with Gasteiger partial charge >= 0.3 is 6.09 Å². The molecule has 9 nitrogen and oxygen atoms in total. The van der Waals surface area contributed by atoms with Gasteiger partial charge in [-0.2, -0.15) is 0 Å². The Bertz CT molecular complexity index is 832. The second kappa shape index (κ2) is 11.9. The van der Waals surface area contributed by atoms with Crippen molar-refractivity contribution in [3.05, 3.63) is 23.8 Å². The molecule has 0 spiro atoms. The van der Waals surface area contributed by atoms with E-state index >= 15 is 0 Å². The lowest BCUT2D eigenvalue weighted by Gasteiger charge is -2.36. The van der Waals surface area contributed by atoms with Crippen molar-refractivity contribution in [2.75, 3.05) is 12.3 Å². The van der Waals surface area contributed by atoms with Crippen molar-refractivity contribution in [3.8, 4) is 0 Å². The van der Waals surface area contributed by atoms with Crippen LogP contribution in [0.3, 0.4) is 0 Å². The van der Waals surface area contributed by atoms with Gasteiger partial charge < -0.3 is 20.8 Å². The number of alkyl carbamates (subject to hydrolysis) is 1. The number of ether oxygens (including phenoxy) is 1. The average Bonchev–Trinajstić information content (AvgIpc) is 3.36. The van der Waals surface area contributed by atoms with E-state index in [4.69, 9.17) is 10.5 Å². The monoisotopic (exact) mass is 445 g/mol. The summed E-state index contributed by atoms with van der Waals surface area (Å²) in [6.07, 6.45) is 11.9. The number of anilines is 1. The molecule has 1 saturated carbocycles. The van der Waals surface area contributed by atoms with Crippen molar-refractivity contribution >= 4 is 12.0 Å². The summed E-state index contributed by atoms with van der Waals surface area (Å²) in [6.45, 7) is 7.73. The number of nitrogens with one attached hydrogen (secondary N) is 2. The van der Waals surface area contributed by atoms with Gasteiger partial charge in [0.2, 0.25) is 0 Å². The third-order valence-electron chi connectivity index (χ3n) is 6.44. The molecule has 0 aliphatic heterocycles. The van der Waals surface area contributed by atoms with E-state index < -0.39 is 0 Å². The molecule has 2 aromatic heterocycles. The van der Waals surface area contributed by atoms with Gasteiger partial charge in [-0.25, -0.2) is 9.78 Å². The van der Waals surface area contributed by atoms with E-state index in [1.54, 1.807) is 10.9 Å². The predicted molar refractivity (Wildman–Crippen MR) is 124 cm³/mol. The summed E-state index contributed by atoms with van der Waals surface area (Å²) < 4.78 is 7.56. The number of aromatic nitrogens is 5. The highest BCUT2D eigenvalue weighted by Gasteiger charge is 2.33. The maximum absolute atomic E-state index is 12.3. The molecule has 178 valence electrons. The third-order valence-corrected chi connectivity index (χ3v) is 6.44. The molecule has 3 rings (SSSR count). The number of unbranched alkanes of at least 4 members (excludes halogenated alkanes) is 2. The number of amides is 1. The Morgan fingerprint density at radius 2 is 2.12 bits per heavy atom. The molecule has 2 aromatic rings. The molecule has 4 N–H and O–H groups in total. The zero-order valence-corrected chi connectivity index (χ0v) is 19.7. The van der Waals surface area contributed by atoms with Gasteiger partial charge in [0.25, 0.3) is 0 Å². The quantitative estimate of drug-likeness (QED) is 0.453. The van der Waals surface area contributed by atoms with Crippen molar-refractivity contribution in [2.24, 2.45) is 17.8 Å². The zero-order valence-electron chi connectivity index (χ0n) is 19.7. The molecule has 2 heterocycles. The van der Waals surface area contributed by atoms with E-state index in [-0.39, 0.29) is 12.2 Å². The normalized spacial score (nSPS) is 21.1. The van der Waals surface area contributed by atoms with E-state index in [2.05, 4.69) is 46.4 Å². The summed E-state index contributed by atoms with van der Waals surface area (Å²) >= 11 is 0. The van der Waals surface area contributed by atoms with Crippen molar-refractivity contribution < 1.29 is 9.53 Å². The summed E-state index contributed by atoms with van der Waals surface area (Å²) in [5.74, 6) is 2.06. The molecule has 0 aromatic carbocycles. The number of nitrogens with zero attached hydrogens (tertiary/aromatic N) is 4. The van der Waals surface area contributed by atoms with Gasteiger partial charge in [-0.1, -0.05) is 38.8 Å². The molecule has 0 saturated heterocycles. The number of hydrogen-bond donors (Lipinski definition) is 3. The maximum Gasteiger partial charge on any atom is 0.407 e. The molecular weight excluding hydrogens is 406 g/mol. The summed E-state index contributed by atoms with van der Waals surface area (Å²) in [5.41, 5.74) is 7.65. The molecular formula is C23H39N7O2. The van der Waals surface area contributed by atoms with Crippen molar-refractivity contribution in [3.63, 3.8) is 0 Å². The standard InChI is InChI=1S/C23H39N7O2/c1-16(2)20-10-9-17(3)13-21(20)32-23(31)25-11-12-30-15-19(28-29-30)8-6-4-5-7-18-14-26-22(24)27-18/h14-17,20-21H,4-13H2,1-3H3,(H,25,31)(H3,24,26,27)/t17-,20+,21-/m1/s1. The Kier molecular flexibility index (Phi) is 8.93. The first kappa shape index (κ1) is 24.1. The lowest BCUT2D eigenvalue weighted by molar-refractivity contribution is 0.00616. The van der Waals surface area contributed by atoms with Gasteiger partial charge in [-0.3, -0.25) is 4.68 Å². The zero-order chi connectivity index (χ0) is 22.9. The van der Waals surface area contributed by atoms with Crippen LogP contribution in [0.25, 0.3) is 0 Å². The van der Waals surface area contributed by atoms with Gasteiger partial charge in [0.15, 0.2) is 5.95 Å². The third kappa shape index (κ3) is 7.53. The Balaban J connectivity index is 1.30. The van der Waals surface area contributed by atoms with E-state index in [0.717, 1.165) is 56.3 Å². The molecule has 32 heavy (non-hydrogen) atoms. The van der Waals surface area contributed by atoms with Crippen LogP contribution in [0.15, 0.2) is 12.4 Å². The fourth-order valence-electron chi connectivity index (χ4n) is 4.57. The molecule has 0 bridgehead atoms. The molecule has 9 heteroatoms. The van der Waals surface area contributed by atoms with Crippen LogP contribution in [0.4, 0.5) is 10.7 Å². The van der Waals surface area contributed by atoms with Gasteiger partial charge in [-0.15, -0.1) is 5.10 Å². The summed E-state index contributed by atoms with van der Waals surface area (Å²) in [5, 5.41) is 11.3. The highest BCUT2D eigenvalue weighted by molar-refractivity contribution is 5.67. The number of carbonyl (C=O) groups is 1. The minimum atomic E-state index is -0.325. The number of nitrogen functional groups attached to an aromatic ring is 1. The molecule has 1 aliphatic rings. The largest absolute Gasteiger partial charge is 0.446 e. The van der Waals surface area contributed by atoms with Crippen LogP contribution < -0.4 is 11.1 Å². The number of rotatable bonds is 11. The van der Waals surface area contributed by atoms with Crippen LogP contribution in [0.1, 0.15) is 70.7 Å². The fraction of sp³-hybridized carbons (Fsp3) is 0.739. The minimum absolute atomic E-state index is 0.0161. The van der Waals surface area contributed by atoms with E-state index in [9.17, 15) is 4.79 Å². The van der Waals surface area contributed by atoms with Crippen LogP contribution in [-0.4, -0.2) is 43.7 Å². The number of hydrogen-bond acceptors (Lipinski definition) is 6. The van der Waals surface area contributed by atoms with Gasteiger partial charge in [0.1, 0.15) is 6.10 Å². The van der Waals surface area contributed by atoms with Crippen LogP contribution >= 0.6 is 0 Å². The molecule has 1 aliphatic carbocycles. The SMILES string of the molecule is CC(C)[C@@H]1CC[C@@H](C)C[C@H]1OC(=O)NCCn1cc(CCCCCc2cnc(N)[nH]2)nn1. The highest BCUT2D eigenvalue weighted by atomic mass is 16.6. The molecule has 3 atom stereocenters. The van der Waals surface area contributed by atoms with E-state index in [0.29, 0.717) is 36.8 Å². The molecule has 1 fully saturated rings. The number of aryl methyl sites for hydroxylation is 2. The van der Waals surface area contributed by atoms with E-state index in [1.807, 2.05) is 6.20 Å². The highest BCUT2D eigenvalue weighted by Crippen LogP contribution is 2.35. The van der Waals surface area contributed by atoms with Gasteiger partial charge in [0.05, 0.1) is 18.4 Å². The van der Waals surface area contributed by atoms with Crippen molar-refractivity contribution in [1.29, 1.82) is 0 Å². The molecule has 0 unspecified atom stereocenters. The Hall–Kier alpha value is -2.58. The lowest BCUT2D eigenvalue weighted by Crippen LogP contribution is -2.39. The number of nitrogens with two attached hydrogens (primary N) is 1. The topological polar surface area (TPSA) is 124 Å². The average molecular weight is 446 g/mol.